The van der Waals surface area contributed by atoms with E-state index in [-0.39, 0.29) is 29.3 Å². The zero-order valence-corrected chi connectivity index (χ0v) is 15.6. The van der Waals surface area contributed by atoms with Crippen LogP contribution in [0, 0.1) is 19.8 Å². The molecule has 2 rings (SSSR count). The molecule has 2 atom stereocenters. The number of rotatable bonds is 5. The molecule has 1 saturated carbocycles. The lowest BCUT2D eigenvalue weighted by Gasteiger charge is -2.31. The summed E-state index contributed by atoms with van der Waals surface area (Å²) in [7, 11) is -2.12. The van der Waals surface area contributed by atoms with Gasteiger partial charge in [0, 0.05) is 6.04 Å². The zero-order valence-electron chi connectivity index (χ0n) is 14.0. The fourth-order valence-electron chi connectivity index (χ4n) is 3.28. The summed E-state index contributed by atoms with van der Waals surface area (Å²) in [6.07, 6.45) is 3.97. The number of nitrogens with two attached hydrogens (primary N) is 1. The largest absolute Gasteiger partial charge is 0.495 e. The number of hydrogen-bond acceptors (Lipinski definition) is 4. The lowest BCUT2D eigenvalue weighted by atomic mass is 9.85. The SMILES string of the molecule is COc1c(C)cc(C)cc1S(=O)(=O)NC1CCCCC1CN.Cl. The van der Waals surface area contributed by atoms with Crippen LogP contribution in [0.2, 0.25) is 0 Å². The Labute approximate surface area is 145 Å². The van der Waals surface area contributed by atoms with Gasteiger partial charge in [0.05, 0.1) is 7.11 Å². The van der Waals surface area contributed by atoms with Crippen molar-refractivity contribution in [2.75, 3.05) is 13.7 Å². The number of benzene rings is 1. The van der Waals surface area contributed by atoms with Gasteiger partial charge in [-0.3, -0.25) is 0 Å². The maximum absolute atomic E-state index is 12.8. The number of methoxy groups -OCH3 is 1. The molecule has 0 radical (unpaired) electrons. The summed E-state index contributed by atoms with van der Waals surface area (Å²) in [4.78, 5) is 0.217. The molecule has 7 heteroatoms. The van der Waals surface area contributed by atoms with Crippen LogP contribution in [-0.4, -0.2) is 28.1 Å². The molecule has 0 amide bonds. The number of nitrogens with one attached hydrogen (secondary N) is 1. The standard InChI is InChI=1S/C16H26N2O3S.ClH/c1-11-8-12(2)16(21-3)15(9-11)22(19,20)18-14-7-5-4-6-13(14)10-17;/h8-9,13-14,18H,4-7,10,17H2,1-3H3;1H. The summed E-state index contributed by atoms with van der Waals surface area (Å²) in [6, 6.07) is 3.49. The van der Waals surface area contributed by atoms with Crippen molar-refractivity contribution in [2.24, 2.45) is 11.7 Å². The molecule has 3 N–H and O–H groups in total. The van der Waals surface area contributed by atoms with Crippen LogP contribution < -0.4 is 15.2 Å². The van der Waals surface area contributed by atoms with E-state index in [0.29, 0.717) is 12.3 Å². The van der Waals surface area contributed by atoms with Crippen molar-refractivity contribution >= 4 is 22.4 Å². The van der Waals surface area contributed by atoms with Gasteiger partial charge in [-0.15, -0.1) is 12.4 Å². The number of ether oxygens (including phenoxy) is 1. The van der Waals surface area contributed by atoms with Gasteiger partial charge in [-0.05, 0) is 56.3 Å². The number of halogens is 1. The molecule has 0 bridgehead atoms. The normalized spacial score (nSPS) is 21.6. The molecule has 1 aromatic rings. The van der Waals surface area contributed by atoms with E-state index in [1.165, 1.54) is 7.11 Å². The van der Waals surface area contributed by atoms with Gasteiger partial charge in [0.2, 0.25) is 10.0 Å². The van der Waals surface area contributed by atoms with Crippen molar-refractivity contribution in [3.05, 3.63) is 23.3 Å². The van der Waals surface area contributed by atoms with E-state index in [4.69, 9.17) is 10.5 Å². The van der Waals surface area contributed by atoms with E-state index >= 15 is 0 Å². The second-order valence-electron chi connectivity index (χ2n) is 6.12. The summed E-state index contributed by atoms with van der Waals surface area (Å²) in [5, 5.41) is 0. The van der Waals surface area contributed by atoms with Gasteiger partial charge in [0.15, 0.2) is 0 Å². The van der Waals surface area contributed by atoms with Crippen molar-refractivity contribution < 1.29 is 13.2 Å². The topological polar surface area (TPSA) is 81.4 Å². The first-order valence-electron chi connectivity index (χ1n) is 7.76. The highest BCUT2D eigenvalue weighted by molar-refractivity contribution is 7.89. The van der Waals surface area contributed by atoms with Gasteiger partial charge in [-0.25, -0.2) is 13.1 Å². The van der Waals surface area contributed by atoms with Gasteiger partial charge in [-0.1, -0.05) is 18.9 Å². The van der Waals surface area contributed by atoms with Gasteiger partial charge in [0.25, 0.3) is 0 Å². The Morgan fingerprint density at radius 3 is 2.52 bits per heavy atom. The molecule has 0 aromatic heterocycles. The lowest BCUT2D eigenvalue weighted by molar-refractivity contribution is 0.295. The van der Waals surface area contributed by atoms with Crippen molar-refractivity contribution in [1.82, 2.24) is 4.72 Å². The van der Waals surface area contributed by atoms with Gasteiger partial charge >= 0.3 is 0 Å². The number of aryl methyl sites for hydroxylation is 2. The Bertz CT molecular complexity index is 634. The van der Waals surface area contributed by atoms with E-state index in [2.05, 4.69) is 4.72 Å². The third kappa shape index (κ3) is 4.59. The monoisotopic (exact) mass is 362 g/mol. The van der Waals surface area contributed by atoms with E-state index in [0.717, 1.165) is 36.8 Å². The summed E-state index contributed by atoms with van der Waals surface area (Å²) in [5.74, 6) is 0.624. The Kier molecular flexibility index (Phi) is 7.32. The van der Waals surface area contributed by atoms with E-state index in [1.54, 1.807) is 6.07 Å². The van der Waals surface area contributed by atoms with Gasteiger partial charge < -0.3 is 10.5 Å². The highest BCUT2D eigenvalue weighted by atomic mass is 35.5. The third-order valence-electron chi connectivity index (χ3n) is 4.40. The highest BCUT2D eigenvalue weighted by Gasteiger charge is 2.30. The summed E-state index contributed by atoms with van der Waals surface area (Å²) < 4.78 is 33.8. The second-order valence-corrected chi connectivity index (χ2v) is 7.80. The molecule has 2 unspecified atom stereocenters. The van der Waals surface area contributed by atoms with Crippen LogP contribution in [0.1, 0.15) is 36.8 Å². The molecule has 1 aromatic carbocycles. The number of sulfonamides is 1. The van der Waals surface area contributed by atoms with E-state index in [9.17, 15) is 8.42 Å². The highest BCUT2D eigenvalue weighted by Crippen LogP contribution is 2.31. The lowest BCUT2D eigenvalue weighted by Crippen LogP contribution is -2.44. The summed E-state index contributed by atoms with van der Waals surface area (Å²) in [5.41, 5.74) is 7.52. The minimum atomic E-state index is -3.62. The van der Waals surface area contributed by atoms with Crippen LogP contribution >= 0.6 is 12.4 Å². The minimum absolute atomic E-state index is 0. The maximum Gasteiger partial charge on any atom is 0.244 e. The molecule has 0 spiro atoms. The van der Waals surface area contributed by atoms with Crippen LogP contribution in [0.4, 0.5) is 0 Å². The Balaban J connectivity index is 0.00000264. The molecule has 1 aliphatic carbocycles. The van der Waals surface area contributed by atoms with Gasteiger partial charge in [-0.2, -0.15) is 0 Å². The van der Waals surface area contributed by atoms with Crippen molar-refractivity contribution in [1.29, 1.82) is 0 Å². The average Bonchev–Trinajstić information content (AvgIpc) is 2.46. The first-order chi connectivity index (χ1) is 10.4. The van der Waals surface area contributed by atoms with Crippen LogP contribution in [0.25, 0.3) is 0 Å². The zero-order chi connectivity index (χ0) is 16.3. The number of hydrogen-bond donors (Lipinski definition) is 2. The molecular weight excluding hydrogens is 336 g/mol. The molecule has 5 nitrogen and oxygen atoms in total. The van der Waals surface area contributed by atoms with Gasteiger partial charge in [0.1, 0.15) is 10.6 Å². The first-order valence-corrected chi connectivity index (χ1v) is 9.25. The molecule has 1 fully saturated rings. The Morgan fingerprint density at radius 2 is 1.91 bits per heavy atom. The molecule has 0 saturated heterocycles. The Hall–Kier alpha value is -0.820. The fraction of sp³-hybridized carbons (Fsp3) is 0.625. The van der Waals surface area contributed by atoms with E-state index < -0.39 is 10.0 Å². The predicted octanol–water partition coefficient (Wildman–Crippen LogP) is 2.53. The molecule has 0 heterocycles. The van der Waals surface area contributed by atoms with Crippen LogP contribution in [0.3, 0.4) is 0 Å². The molecule has 132 valence electrons. The van der Waals surface area contributed by atoms with Crippen LogP contribution in [-0.2, 0) is 10.0 Å². The quantitative estimate of drug-likeness (QED) is 0.843. The summed E-state index contributed by atoms with van der Waals surface area (Å²) in [6.45, 7) is 4.25. The molecule has 23 heavy (non-hydrogen) atoms. The molecular formula is C16H27ClN2O3S. The van der Waals surface area contributed by atoms with Crippen molar-refractivity contribution in [3.8, 4) is 5.75 Å². The molecule has 0 aliphatic heterocycles. The van der Waals surface area contributed by atoms with E-state index in [1.807, 2.05) is 19.9 Å². The summed E-state index contributed by atoms with van der Waals surface area (Å²) >= 11 is 0. The fourth-order valence-corrected chi connectivity index (χ4v) is 4.95. The third-order valence-corrected chi connectivity index (χ3v) is 5.89. The minimum Gasteiger partial charge on any atom is -0.495 e. The molecule has 1 aliphatic rings. The van der Waals surface area contributed by atoms with Crippen molar-refractivity contribution in [3.63, 3.8) is 0 Å². The van der Waals surface area contributed by atoms with Crippen LogP contribution in [0.15, 0.2) is 17.0 Å². The van der Waals surface area contributed by atoms with Crippen LogP contribution in [0.5, 0.6) is 5.75 Å². The maximum atomic E-state index is 12.8. The smallest absolute Gasteiger partial charge is 0.244 e. The average molecular weight is 363 g/mol. The van der Waals surface area contributed by atoms with Crippen molar-refractivity contribution in [2.45, 2.75) is 50.5 Å². The first kappa shape index (κ1) is 20.2. The Morgan fingerprint density at radius 1 is 1.26 bits per heavy atom. The predicted molar refractivity (Wildman–Crippen MR) is 94.8 cm³/mol. The second kappa shape index (κ2) is 8.33.